The lowest BCUT2D eigenvalue weighted by Crippen LogP contribution is -2.09. The number of aryl methyl sites for hydroxylation is 1. The molecule has 0 saturated heterocycles. The first-order valence-corrected chi connectivity index (χ1v) is 9.02. The zero-order chi connectivity index (χ0) is 17.9. The van der Waals surface area contributed by atoms with Crippen molar-refractivity contribution in [2.75, 3.05) is 0 Å². The van der Waals surface area contributed by atoms with Gasteiger partial charge in [0.2, 0.25) is 5.89 Å². The zero-order valence-electron chi connectivity index (χ0n) is 14.1. The number of thiazole rings is 1. The van der Waals surface area contributed by atoms with E-state index in [0.717, 1.165) is 20.8 Å². The van der Waals surface area contributed by atoms with Crippen molar-refractivity contribution in [3.05, 3.63) is 71.1 Å². The summed E-state index contributed by atoms with van der Waals surface area (Å²) in [6.07, 6.45) is 0.0765. The van der Waals surface area contributed by atoms with Gasteiger partial charge in [-0.1, -0.05) is 30.3 Å². The van der Waals surface area contributed by atoms with Crippen LogP contribution in [0.15, 0.2) is 59.0 Å². The molecular weight excluding hydrogens is 348 g/mol. The summed E-state index contributed by atoms with van der Waals surface area (Å²) in [5, 5.41) is 0.779. The monoisotopic (exact) mass is 364 g/mol. The zero-order valence-corrected chi connectivity index (χ0v) is 15.0. The van der Waals surface area contributed by atoms with Crippen LogP contribution >= 0.6 is 11.3 Å². The molecule has 0 fully saturated rings. The normalized spacial score (nSPS) is 11.0. The highest BCUT2D eigenvalue weighted by atomic mass is 32.1. The van der Waals surface area contributed by atoms with E-state index in [0.29, 0.717) is 17.3 Å². The van der Waals surface area contributed by atoms with Gasteiger partial charge >= 0.3 is 5.97 Å². The number of benzene rings is 2. The number of carbonyl (C=O) groups excluding carboxylic acids is 1. The number of oxazole rings is 1. The largest absolute Gasteiger partial charge is 0.458 e. The Kier molecular flexibility index (Phi) is 4.50. The van der Waals surface area contributed by atoms with Crippen LogP contribution in [0.2, 0.25) is 0 Å². The molecule has 0 radical (unpaired) electrons. The lowest BCUT2D eigenvalue weighted by atomic mass is 10.2. The summed E-state index contributed by atoms with van der Waals surface area (Å²) in [4.78, 5) is 21.1. The van der Waals surface area contributed by atoms with Gasteiger partial charge in [0.05, 0.1) is 22.3 Å². The van der Waals surface area contributed by atoms with Gasteiger partial charge in [-0.25, -0.2) is 9.97 Å². The van der Waals surface area contributed by atoms with Gasteiger partial charge in [0.15, 0.2) is 0 Å². The second-order valence-electron chi connectivity index (χ2n) is 5.80. The number of ether oxygens (including phenoxy) is 1. The average molecular weight is 364 g/mol. The lowest BCUT2D eigenvalue weighted by molar-refractivity contribution is -0.144. The number of para-hydroxylation sites is 1. The molecule has 0 amide bonds. The molecule has 0 atom stereocenters. The summed E-state index contributed by atoms with van der Waals surface area (Å²) in [6.45, 7) is 1.97. The molecule has 0 aliphatic rings. The highest BCUT2D eigenvalue weighted by Gasteiger charge is 2.16. The Bertz CT molecular complexity index is 1020. The first kappa shape index (κ1) is 16.5. The highest BCUT2D eigenvalue weighted by molar-refractivity contribution is 7.18. The van der Waals surface area contributed by atoms with Crippen molar-refractivity contribution in [2.45, 2.75) is 20.0 Å². The quantitative estimate of drug-likeness (QED) is 0.486. The summed E-state index contributed by atoms with van der Waals surface area (Å²) in [7, 11) is 0. The number of rotatable bonds is 5. The van der Waals surface area contributed by atoms with Crippen LogP contribution in [-0.2, 0) is 22.6 Å². The van der Waals surface area contributed by atoms with Crippen LogP contribution in [0.25, 0.3) is 21.7 Å². The molecule has 2 heterocycles. The fourth-order valence-corrected chi connectivity index (χ4v) is 3.49. The van der Waals surface area contributed by atoms with E-state index in [9.17, 15) is 4.79 Å². The molecule has 0 bridgehead atoms. The van der Waals surface area contributed by atoms with Crippen molar-refractivity contribution in [3.63, 3.8) is 0 Å². The molecule has 0 aliphatic heterocycles. The third-order valence-corrected chi connectivity index (χ3v) is 4.93. The molecule has 0 N–H and O–H groups in total. The van der Waals surface area contributed by atoms with E-state index in [1.54, 1.807) is 6.92 Å². The van der Waals surface area contributed by atoms with Gasteiger partial charge in [0, 0.05) is 5.56 Å². The maximum absolute atomic E-state index is 12.2. The standard InChI is InChI=1S/C20H16N2O3S/c1-13-16(22-20(25-13)14-7-3-2-4-8-14)11-19(23)24-12-18-21-15-9-5-6-10-17(15)26-18/h2-10H,11-12H2,1H3. The molecule has 26 heavy (non-hydrogen) atoms. The van der Waals surface area contributed by atoms with Gasteiger partial charge in [-0.2, -0.15) is 0 Å². The Balaban J connectivity index is 1.41. The number of nitrogens with zero attached hydrogens (tertiary/aromatic N) is 2. The Morgan fingerprint density at radius 1 is 1.08 bits per heavy atom. The minimum absolute atomic E-state index is 0.0765. The molecular formula is C20H16N2O3S. The van der Waals surface area contributed by atoms with E-state index in [2.05, 4.69) is 9.97 Å². The molecule has 130 valence electrons. The van der Waals surface area contributed by atoms with Gasteiger partial charge in [-0.3, -0.25) is 4.79 Å². The third-order valence-electron chi connectivity index (χ3n) is 3.92. The summed E-state index contributed by atoms with van der Waals surface area (Å²) in [5.74, 6) is 0.790. The second-order valence-corrected chi connectivity index (χ2v) is 6.92. The number of esters is 1. The number of hydrogen-bond acceptors (Lipinski definition) is 6. The second kappa shape index (κ2) is 7.09. The van der Waals surface area contributed by atoms with Crippen LogP contribution in [0, 0.1) is 6.92 Å². The van der Waals surface area contributed by atoms with Crippen LogP contribution in [0.4, 0.5) is 0 Å². The summed E-state index contributed by atoms with van der Waals surface area (Å²) >= 11 is 1.53. The van der Waals surface area contributed by atoms with E-state index in [-0.39, 0.29) is 19.0 Å². The summed E-state index contributed by atoms with van der Waals surface area (Å²) in [6, 6.07) is 17.5. The van der Waals surface area contributed by atoms with E-state index in [1.165, 1.54) is 11.3 Å². The molecule has 0 saturated carbocycles. The smallest absolute Gasteiger partial charge is 0.312 e. The van der Waals surface area contributed by atoms with Crippen LogP contribution < -0.4 is 0 Å². The first-order chi connectivity index (χ1) is 12.7. The fraction of sp³-hybridized carbons (Fsp3) is 0.150. The van der Waals surface area contributed by atoms with Crippen molar-refractivity contribution in [1.29, 1.82) is 0 Å². The SMILES string of the molecule is Cc1oc(-c2ccccc2)nc1CC(=O)OCc1nc2ccccc2s1. The van der Waals surface area contributed by atoms with Gasteiger partial charge in [-0.05, 0) is 31.2 Å². The van der Waals surface area contributed by atoms with E-state index < -0.39 is 0 Å². The maximum atomic E-state index is 12.2. The van der Waals surface area contributed by atoms with Gasteiger partial charge < -0.3 is 9.15 Å². The number of fused-ring (bicyclic) bond motifs is 1. The van der Waals surface area contributed by atoms with E-state index >= 15 is 0 Å². The first-order valence-electron chi connectivity index (χ1n) is 8.21. The van der Waals surface area contributed by atoms with Crippen molar-refractivity contribution < 1.29 is 13.9 Å². The molecule has 6 heteroatoms. The van der Waals surface area contributed by atoms with Crippen LogP contribution in [0.5, 0.6) is 0 Å². The van der Waals surface area contributed by atoms with Gasteiger partial charge in [0.1, 0.15) is 17.4 Å². The minimum atomic E-state index is -0.347. The summed E-state index contributed by atoms with van der Waals surface area (Å²) < 4.78 is 12.1. The average Bonchev–Trinajstić information content (AvgIpc) is 3.24. The Morgan fingerprint density at radius 3 is 2.65 bits per heavy atom. The molecule has 4 rings (SSSR count). The maximum Gasteiger partial charge on any atom is 0.312 e. The Hall–Kier alpha value is -2.99. The number of carbonyl (C=O) groups is 1. The van der Waals surface area contributed by atoms with E-state index in [1.807, 2.05) is 54.6 Å². The van der Waals surface area contributed by atoms with E-state index in [4.69, 9.17) is 9.15 Å². The van der Waals surface area contributed by atoms with Crippen molar-refractivity contribution in [2.24, 2.45) is 0 Å². The summed E-state index contributed by atoms with van der Waals surface area (Å²) in [5.41, 5.74) is 2.39. The number of aromatic nitrogens is 2. The third kappa shape index (κ3) is 3.50. The Morgan fingerprint density at radius 2 is 1.85 bits per heavy atom. The predicted octanol–water partition coefficient (Wildman–Crippen LogP) is 4.55. The van der Waals surface area contributed by atoms with Crippen molar-refractivity contribution in [1.82, 2.24) is 9.97 Å². The van der Waals surface area contributed by atoms with Gasteiger partial charge in [0.25, 0.3) is 0 Å². The highest BCUT2D eigenvalue weighted by Crippen LogP contribution is 2.23. The predicted molar refractivity (Wildman–Crippen MR) is 99.8 cm³/mol. The van der Waals surface area contributed by atoms with Crippen LogP contribution in [-0.4, -0.2) is 15.9 Å². The van der Waals surface area contributed by atoms with Crippen molar-refractivity contribution in [3.8, 4) is 11.5 Å². The molecule has 2 aromatic carbocycles. The van der Waals surface area contributed by atoms with Gasteiger partial charge in [-0.15, -0.1) is 11.3 Å². The Labute approximate surface area is 154 Å². The van der Waals surface area contributed by atoms with Crippen LogP contribution in [0.1, 0.15) is 16.5 Å². The molecule has 0 spiro atoms. The fourth-order valence-electron chi connectivity index (χ4n) is 2.61. The molecule has 5 nitrogen and oxygen atoms in total. The minimum Gasteiger partial charge on any atom is -0.458 e. The molecule has 4 aromatic rings. The molecule has 2 aromatic heterocycles. The molecule has 0 unspecified atom stereocenters. The van der Waals surface area contributed by atoms with Crippen molar-refractivity contribution >= 4 is 27.5 Å². The topological polar surface area (TPSA) is 65.2 Å². The number of hydrogen-bond donors (Lipinski definition) is 0. The van der Waals surface area contributed by atoms with Crippen LogP contribution in [0.3, 0.4) is 0 Å². The lowest BCUT2D eigenvalue weighted by Gasteiger charge is -2.01. The molecule has 0 aliphatic carbocycles.